The van der Waals surface area contributed by atoms with Crippen molar-refractivity contribution < 1.29 is 4.79 Å². The van der Waals surface area contributed by atoms with Gasteiger partial charge in [0.2, 0.25) is 0 Å². The lowest BCUT2D eigenvalue weighted by atomic mass is 9.97. The van der Waals surface area contributed by atoms with Crippen LogP contribution >= 0.6 is 0 Å². The lowest BCUT2D eigenvalue weighted by Gasteiger charge is -2.21. The zero-order valence-corrected chi connectivity index (χ0v) is 11.9. The van der Waals surface area contributed by atoms with Gasteiger partial charge in [0, 0.05) is 5.69 Å². The largest absolute Gasteiger partial charge is 0.340 e. The molecule has 7 nitrogen and oxygen atoms in total. The summed E-state index contributed by atoms with van der Waals surface area (Å²) in [6, 6.07) is 5.20. The number of amides is 1. The lowest BCUT2D eigenvalue weighted by molar-refractivity contribution is 0.0913. The summed E-state index contributed by atoms with van der Waals surface area (Å²) < 4.78 is 0. The fraction of sp³-hybridized carbons (Fsp3) is 0.500. The minimum atomic E-state index is -0.207. The van der Waals surface area contributed by atoms with Crippen LogP contribution in [0.2, 0.25) is 0 Å². The molecule has 110 valence electrons. The van der Waals surface area contributed by atoms with Crippen LogP contribution in [0.1, 0.15) is 53.7 Å². The second-order valence-electron chi connectivity index (χ2n) is 5.43. The monoisotopic (exact) mass is 286 g/mol. The standard InChI is InChI=1S/C14H18N6O/c1-9-5-4-8-11(15-9)14(21)16-12(10-6-2-3-7-10)13-17-19-20-18-13/h4-5,8,10,12H,2-3,6-7H2,1H3,(H,16,21)(H,17,18,19,20). The molecule has 21 heavy (non-hydrogen) atoms. The van der Waals surface area contributed by atoms with Gasteiger partial charge < -0.3 is 5.32 Å². The molecule has 2 aromatic rings. The molecule has 2 N–H and O–H groups in total. The minimum Gasteiger partial charge on any atom is -0.340 e. The van der Waals surface area contributed by atoms with Crippen molar-refractivity contribution in [3.8, 4) is 0 Å². The van der Waals surface area contributed by atoms with Crippen molar-refractivity contribution in [3.05, 3.63) is 35.4 Å². The van der Waals surface area contributed by atoms with E-state index >= 15 is 0 Å². The molecule has 3 rings (SSSR count). The van der Waals surface area contributed by atoms with Crippen LogP contribution in [0.4, 0.5) is 0 Å². The smallest absolute Gasteiger partial charge is 0.270 e. The Morgan fingerprint density at radius 1 is 1.38 bits per heavy atom. The molecular formula is C14H18N6O. The summed E-state index contributed by atoms with van der Waals surface area (Å²) in [6.07, 6.45) is 4.50. The van der Waals surface area contributed by atoms with Crippen LogP contribution < -0.4 is 5.32 Å². The van der Waals surface area contributed by atoms with Gasteiger partial charge in [-0.1, -0.05) is 24.1 Å². The van der Waals surface area contributed by atoms with E-state index in [-0.39, 0.29) is 11.9 Å². The molecule has 0 aliphatic heterocycles. The summed E-state index contributed by atoms with van der Waals surface area (Å²) in [5.41, 5.74) is 1.24. The Bertz CT molecular complexity index is 606. The van der Waals surface area contributed by atoms with Gasteiger partial charge in [-0.25, -0.2) is 4.98 Å². The quantitative estimate of drug-likeness (QED) is 0.889. The average Bonchev–Trinajstić information content (AvgIpc) is 3.18. The van der Waals surface area contributed by atoms with Gasteiger partial charge in [-0.15, -0.1) is 10.2 Å². The molecule has 1 saturated carbocycles. The highest BCUT2D eigenvalue weighted by Crippen LogP contribution is 2.34. The lowest BCUT2D eigenvalue weighted by Crippen LogP contribution is -2.34. The molecule has 2 aromatic heterocycles. The van der Waals surface area contributed by atoms with Crippen molar-refractivity contribution in [1.29, 1.82) is 0 Å². The van der Waals surface area contributed by atoms with Gasteiger partial charge in [-0.2, -0.15) is 5.21 Å². The first kappa shape index (κ1) is 13.7. The Morgan fingerprint density at radius 3 is 2.86 bits per heavy atom. The molecule has 0 saturated heterocycles. The van der Waals surface area contributed by atoms with E-state index in [1.54, 1.807) is 6.07 Å². The van der Waals surface area contributed by atoms with Crippen molar-refractivity contribution in [1.82, 2.24) is 30.9 Å². The number of nitrogens with one attached hydrogen (secondary N) is 2. The maximum atomic E-state index is 12.4. The average molecular weight is 286 g/mol. The Morgan fingerprint density at radius 2 is 2.19 bits per heavy atom. The van der Waals surface area contributed by atoms with Crippen LogP contribution in [0.25, 0.3) is 0 Å². The number of tetrazole rings is 1. The van der Waals surface area contributed by atoms with Gasteiger partial charge in [0.15, 0.2) is 5.82 Å². The van der Waals surface area contributed by atoms with E-state index in [2.05, 4.69) is 30.9 Å². The Hall–Kier alpha value is -2.31. The highest BCUT2D eigenvalue weighted by Gasteiger charge is 2.31. The van der Waals surface area contributed by atoms with E-state index in [0.29, 0.717) is 17.4 Å². The van der Waals surface area contributed by atoms with Crippen LogP contribution in [0.3, 0.4) is 0 Å². The van der Waals surface area contributed by atoms with E-state index in [1.165, 1.54) is 12.8 Å². The molecule has 1 fully saturated rings. The summed E-state index contributed by atoms with van der Waals surface area (Å²) in [5.74, 6) is 0.708. The molecule has 1 unspecified atom stereocenters. The zero-order valence-electron chi connectivity index (χ0n) is 11.9. The maximum Gasteiger partial charge on any atom is 0.270 e. The molecule has 0 aromatic carbocycles. The number of rotatable bonds is 4. The Kier molecular flexibility index (Phi) is 3.89. The number of hydrogen-bond donors (Lipinski definition) is 2. The molecule has 7 heteroatoms. The summed E-state index contributed by atoms with van der Waals surface area (Å²) in [6.45, 7) is 1.87. The van der Waals surface area contributed by atoms with Crippen molar-refractivity contribution in [3.63, 3.8) is 0 Å². The minimum absolute atomic E-state index is 0.194. The number of carbonyl (C=O) groups is 1. The highest BCUT2D eigenvalue weighted by atomic mass is 16.2. The van der Waals surface area contributed by atoms with Gasteiger partial charge in [0.05, 0.1) is 6.04 Å². The number of hydrogen-bond acceptors (Lipinski definition) is 5. The first-order valence-electron chi connectivity index (χ1n) is 7.22. The number of aryl methyl sites for hydroxylation is 1. The number of aromatic nitrogens is 5. The third-order valence-electron chi connectivity index (χ3n) is 3.92. The summed E-state index contributed by atoms with van der Waals surface area (Å²) in [5, 5.41) is 17.2. The van der Waals surface area contributed by atoms with E-state index in [0.717, 1.165) is 18.5 Å². The van der Waals surface area contributed by atoms with E-state index in [9.17, 15) is 4.79 Å². The Labute approximate surface area is 122 Å². The van der Waals surface area contributed by atoms with Gasteiger partial charge in [-0.3, -0.25) is 4.79 Å². The molecule has 2 heterocycles. The number of aromatic amines is 1. The second-order valence-corrected chi connectivity index (χ2v) is 5.43. The topological polar surface area (TPSA) is 96.5 Å². The number of nitrogens with zero attached hydrogens (tertiary/aromatic N) is 4. The van der Waals surface area contributed by atoms with Crippen molar-refractivity contribution >= 4 is 5.91 Å². The van der Waals surface area contributed by atoms with Gasteiger partial charge >= 0.3 is 0 Å². The summed E-state index contributed by atoms with van der Waals surface area (Å²) in [7, 11) is 0. The SMILES string of the molecule is Cc1cccc(C(=O)NC(c2nn[nH]n2)C2CCCC2)n1. The van der Waals surface area contributed by atoms with Crippen LogP contribution in [-0.2, 0) is 0 Å². The van der Waals surface area contributed by atoms with Crippen molar-refractivity contribution in [2.75, 3.05) is 0 Å². The molecule has 1 amide bonds. The predicted molar refractivity (Wildman–Crippen MR) is 75.3 cm³/mol. The zero-order chi connectivity index (χ0) is 14.7. The first-order valence-corrected chi connectivity index (χ1v) is 7.22. The summed E-state index contributed by atoms with van der Waals surface area (Å²) >= 11 is 0. The second kappa shape index (κ2) is 5.99. The number of carbonyl (C=O) groups excluding carboxylic acids is 1. The molecule has 0 radical (unpaired) electrons. The Balaban J connectivity index is 1.79. The maximum absolute atomic E-state index is 12.4. The molecule has 1 aliphatic rings. The van der Waals surface area contributed by atoms with Crippen LogP contribution in [0.15, 0.2) is 18.2 Å². The molecule has 0 bridgehead atoms. The summed E-state index contributed by atoms with van der Waals surface area (Å²) in [4.78, 5) is 16.7. The van der Waals surface area contributed by atoms with Crippen LogP contribution in [0, 0.1) is 12.8 Å². The van der Waals surface area contributed by atoms with Crippen molar-refractivity contribution in [2.24, 2.45) is 5.92 Å². The van der Waals surface area contributed by atoms with E-state index < -0.39 is 0 Å². The van der Waals surface area contributed by atoms with Gasteiger partial charge in [-0.05, 0) is 37.8 Å². The van der Waals surface area contributed by atoms with Crippen LogP contribution in [0.5, 0.6) is 0 Å². The first-order chi connectivity index (χ1) is 10.2. The number of H-pyrrole nitrogens is 1. The predicted octanol–water partition coefficient (Wildman–Crippen LogP) is 1.56. The number of pyridine rings is 1. The molecule has 1 aliphatic carbocycles. The van der Waals surface area contributed by atoms with Gasteiger partial charge in [0.25, 0.3) is 5.91 Å². The third-order valence-corrected chi connectivity index (χ3v) is 3.92. The molecule has 0 spiro atoms. The van der Waals surface area contributed by atoms with E-state index in [1.807, 2.05) is 19.1 Å². The molecular weight excluding hydrogens is 268 g/mol. The fourth-order valence-electron chi connectivity index (χ4n) is 2.87. The van der Waals surface area contributed by atoms with Crippen molar-refractivity contribution in [2.45, 2.75) is 38.6 Å². The fourth-order valence-corrected chi connectivity index (χ4v) is 2.87. The third kappa shape index (κ3) is 3.07. The molecule has 1 atom stereocenters. The normalized spacial score (nSPS) is 16.8. The van der Waals surface area contributed by atoms with E-state index in [4.69, 9.17) is 0 Å². The highest BCUT2D eigenvalue weighted by molar-refractivity contribution is 5.92. The van der Waals surface area contributed by atoms with Gasteiger partial charge in [0.1, 0.15) is 5.69 Å². The van der Waals surface area contributed by atoms with Crippen LogP contribution in [-0.4, -0.2) is 31.5 Å².